The van der Waals surface area contributed by atoms with Gasteiger partial charge in [-0.15, -0.1) is 0 Å². The third-order valence-corrected chi connectivity index (χ3v) is 4.80. The van der Waals surface area contributed by atoms with Crippen molar-refractivity contribution in [2.45, 2.75) is 25.8 Å². The molecule has 136 valence electrons. The number of hydrogen-bond acceptors (Lipinski definition) is 2. The number of carbonyl (C=O) groups is 2. The summed E-state index contributed by atoms with van der Waals surface area (Å²) >= 11 is 0. The molecular formula is C21H23FN2O2. The second kappa shape index (κ2) is 8.61. The third kappa shape index (κ3) is 4.91. The van der Waals surface area contributed by atoms with Gasteiger partial charge in [0.1, 0.15) is 5.82 Å². The zero-order chi connectivity index (χ0) is 18.4. The van der Waals surface area contributed by atoms with E-state index in [1.165, 1.54) is 12.1 Å². The van der Waals surface area contributed by atoms with E-state index in [9.17, 15) is 14.0 Å². The molecular weight excluding hydrogens is 331 g/mol. The van der Waals surface area contributed by atoms with Gasteiger partial charge in [-0.05, 0) is 48.6 Å². The maximum atomic E-state index is 12.9. The minimum Gasteiger partial charge on any atom is -0.352 e. The van der Waals surface area contributed by atoms with Crippen LogP contribution in [0.25, 0.3) is 0 Å². The first-order chi connectivity index (χ1) is 12.6. The Morgan fingerprint density at radius 3 is 2.31 bits per heavy atom. The molecule has 0 unspecified atom stereocenters. The normalized spacial score (nSPS) is 14.9. The molecule has 1 heterocycles. The van der Waals surface area contributed by atoms with E-state index in [0.29, 0.717) is 37.5 Å². The molecule has 2 aromatic carbocycles. The molecule has 1 aliphatic rings. The molecule has 26 heavy (non-hydrogen) atoms. The zero-order valence-electron chi connectivity index (χ0n) is 14.7. The second-order valence-electron chi connectivity index (χ2n) is 6.71. The van der Waals surface area contributed by atoms with E-state index in [0.717, 1.165) is 18.4 Å². The molecule has 0 bridgehead atoms. The van der Waals surface area contributed by atoms with Gasteiger partial charge in [0.25, 0.3) is 5.91 Å². The fourth-order valence-corrected chi connectivity index (χ4v) is 3.24. The summed E-state index contributed by atoms with van der Waals surface area (Å²) in [7, 11) is 0. The summed E-state index contributed by atoms with van der Waals surface area (Å²) in [6, 6.07) is 15.4. The molecule has 4 nitrogen and oxygen atoms in total. The first kappa shape index (κ1) is 18.1. The van der Waals surface area contributed by atoms with Crippen LogP contribution in [0.4, 0.5) is 4.39 Å². The highest BCUT2D eigenvalue weighted by Crippen LogP contribution is 2.22. The molecule has 0 aromatic heterocycles. The van der Waals surface area contributed by atoms with Gasteiger partial charge >= 0.3 is 0 Å². The number of piperidine rings is 1. The van der Waals surface area contributed by atoms with Gasteiger partial charge in [0.2, 0.25) is 5.91 Å². The minimum atomic E-state index is -0.281. The van der Waals surface area contributed by atoms with Gasteiger partial charge in [0, 0.05) is 31.6 Å². The Kier molecular flexibility index (Phi) is 6.00. The van der Waals surface area contributed by atoms with Crippen LogP contribution in [0.5, 0.6) is 0 Å². The van der Waals surface area contributed by atoms with Crippen molar-refractivity contribution in [1.82, 2.24) is 10.2 Å². The molecule has 5 heteroatoms. The summed E-state index contributed by atoms with van der Waals surface area (Å²) in [6.07, 6.45) is 2.14. The molecule has 1 saturated heterocycles. The van der Waals surface area contributed by atoms with Crippen molar-refractivity contribution in [3.05, 3.63) is 71.5 Å². The molecule has 1 N–H and O–H groups in total. The van der Waals surface area contributed by atoms with Gasteiger partial charge in [-0.25, -0.2) is 4.39 Å². The molecule has 0 radical (unpaired) electrons. The van der Waals surface area contributed by atoms with Crippen molar-refractivity contribution in [3.63, 3.8) is 0 Å². The molecule has 0 aliphatic carbocycles. The Labute approximate surface area is 153 Å². The van der Waals surface area contributed by atoms with Gasteiger partial charge in [0.05, 0.1) is 0 Å². The smallest absolute Gasteiger partial charge is 0.253 e. The highest BCUT2D eigenvalue weighted by Gasteiger charge is 2.24. The van der Waals surface area contributed by atoms with Crippen LogP contribution in [0.1, 0.15) is 35.2 Å². The molecule has 2 aromatic rings. The minimum absolute atomic E-state index is 0.00200. The van der Waals surface area contributed by atoms with Crippen molar-refractivity contribution in [2.24, 2.45) is 5.92 Å². The quantitative estimate of drug-likeness (QED) is 0.895. The van der Waals surface area contributed by atoms with Crippen LogP contribution in [0.3, 0.4) is 0 Å². The van der Waals surface area contributed by atoms with E-state index in [4.69, 9.17) is 0 Å². The van der Waals surface area contributed by atoms with Gasteiger partial charge < -0.3 is 10.2 Å². The fraction of sp³-hybridized carbons (Fsp3) is 0.333. The SMILES string of the molecule is O=C(CC1CCN(C(=O)c2ccccc2)CC1)NCc1ccc(F)cc1. The third-order valence-electron chi connectivity index (χ3n) is 4.80. The molecule has 1 aliphatic heterocycles. The van der Waals surface area contributed by atoms with Crippen LogP contribution < -0.4 is 5.32 Å². The monoisotopic (exact) mass is 354 g/mol. The number of amides is 2. The van der Waals surface area contributed by atoms with Crippen LogP contribution in [-0.2, 0) is 11.3 Å². The van der Waals surface area contributed by atoms with E-state index < -0.39 is 0 Å². The van der Waals surface area contributed by atoms with Crippen LogP contribution in [0.15, 0.2) is 54.6 Å². The number of likely N-dealkylation sites (tertiary alicyclic amines) is 1. The van der Waals surface area contributed by atoms with E-state index in [1.807, 2.05) is 35.2 Å². The Morgan fingerprint density at radius 2 is 1.65 bits per heavy atom. The van der Waals surface area contributed by atoms with Crippen LogP contribution in [0.2, 0.25) is 0 Å². The maximum absolute atomic E-state index is 12.9. The molecule has 1 fully saturated rings. The molecule has 2 amide bonds. The summed E-state index contributed by atoms with van der Waals surface area (Å²) in [4.78, 5) is 26.4. The Morgan fingerprint density at radius 1 is 1.00 bits per heavy atom. The standard InChI is InChI=1S/C21H23FN2O2/c22-19-8-6-17(7-9-19)15-23-20(25)14-16-10-12-24(13-11-16)21(26)18-4-2-1-3-5-18/h1-9,16H,10-15H2,(H,23,25). The van der Waals surface area contributed by atoms with E-state index in [1.54, 1.807) is 12.1 Å². The lowest BCUT2D eigenvalue weighted by Crippen LogP contribution is -2.39. The second-order valence-corrected chi connectivity index (χ2v) is 6.71. The van der Waals surface area contributed by atoms with E-state index >= 15 is 0 Å². The van der Waals surface area contributed by atoms with Crippen LogP contribution in [-0.4, -0.2) is 29.8 Å². The van der Waals surface area contributed by atoms with Crippen molar-refractivity contribution >= 4 is 11.8 Å². The molecule has 0 atom stereocenters. The van der Waals surface area contributed by atoms with Gasteiger partial charge in [-0.2, -0.15) is 0 Å². The Bertz CT molecular complexity index is 738. The number of nitrogens with one attached hydrogen (secondary N) is 1. The number of halogens is 1. The van der Waals surface area contributed by atoms with Gasteiger partial charge in [-0.3, -0.25) is 9.59 Å². The summed E-state index contributed by atoms with van der Waals surface area (Å²) in [6.45, 7) is 1.78. The maximum Gasteiger partial charge on any atom is 0.253 e. The first-order valence-corrected chi connectivity index (χ1v) is 8.97. The largest absolute Gasteiger partial charge is 0.352 e. The lowest BCUT2D eigenvalue weighted by Gasteiger charge is -2.31. The fourth-order valence-electron chi connectivity index (χ4n) is 3.24. The average Bonchev–Trinajstić information content (AvgIpc) is 2.68. The summed E-state index contributed by atoms with van der Waals surface area (Å²) < 4.78 is 12.9. The topological polar surface area (TPSA) is 49.4 Å². The molecule has 0 spiro atoms. The Hall–Kier alpha value is -2.69. The van der Waals surface area contributed by atoms with Crippen molar-refractivity contribution < 1.29 is 14.0 Å². The van der Waals surface area contributed by atoms with Crippen molar-refractivity contribution in [3.8, 4) is 0 Å². The number of benzene rings is 2. The highest BCUT2D eigenvalue weighted by atomic mass is 19.1. The van der Waals surface area contributed by atoms with Crippen LogP contribution >= 0.6 is 0 Å². The zero-order valence-corrected chi connectivity index (χ0v) is 14.7. The van der Waals surface area contributed by atoms with Crippen molar-refractivity contribution in [1.29, 1.82) is 0 Å². The Balaban J connectivity index is 1.41. The molecule has 0 saturated carbocycles. The predicted octanol–water partition coefficient (Wildman–Crippen LogP) is 3.38. The average molecular weight is 354 g/mol. The lowest BCUT2D eigenvalue weighted by molar-refractivity contribution is -0.122. The van der Waals surface area contributed by atoms with E-state index in [2.05, 4.69) is 5.32 Å². The summed E-state index contributed by atoms with van der Waals surface area (Å²) in [5.74, 6) is 0.0758. The summed E-state index contributed by atoms with van der Waals surface area (Å²) in [5.41, 5.74) is 1.59. The van der Waals surface area contributed by atoms with Gasteiger partial charge in [0.15, 0.2) is 0 Å². The first-order valence-electron chi connectivity index (χ1n) is 8.97. The number of nitrogens with zero attached hydrogens (tertiary/aromatic N) is 1. The van der Waals surface area contributed by atoms with Gasteiger partial charge in [-0.1, -0.05) is 30.3 Å². The number of carbonyl (C=O) groups excluding carboxylic acids is 2. The van der Waals surface area contributed by atoms with E-state index in [-0.39, 0.29) is 17.6 Å². The number of rotatable bonds is 5. The molecule has 3 rings (SSSR count). The predicted molar refractivity (Wildman–Crippen MR) is 97.9 cm³/mol. The summed E-state index contributed by atoms with van der Waals surface area (Å²) in [5, 5.41) is 2.88. The van der Waals surface area contributed by atoms with Crippen molar-refractivity contribution in [2.75, 3.05) is 13.1 Å². The highest BCUT2D eigenvalue weighted by molar-refractivity contribution is 5.94. The van der Waals surface area contributed by atoms with Crippen LogP contribution in [0, 0.1) is 11.7 Å². The lowest BCUT2D eigenvalue weighted by atomic mass is 9.93. The number of hydrogen-bond donors (Lipinski definition) is 1.